The summed E-state index contributed by atoms with van der Waals surface area (Å²) in [6.45, 7) is 4.84. The van der Waals surface area contributed by atoms with Crippen molar-refractivity contribution in [3.05, 3.63) is 116 Å². The van der Waals surface area contributed by atoms with Gasteiger partial charge in [-0.1, -0.05) is 82.1 Å². The maximum absolute atomic E-state index is 13.6. The molecule has 1 unspecified atom stereocenters. The van der Waals surface area contributed by atoms with Gasteiger partial charge in [0.05, 0.1) is 9.79 Å². The molecule has 4 aromatic rings. The number of sulfonamides is 1. The summed E-state index contributed by atoms with van der Waals surface area (Å²) in [5, 5.41) is 5.92. The molecule has 9 nitrogen and oxygen atoms in total. The first-order chi connectivity index (χ1) is 25.5. The van der Waals surface area contributed by atoms with Crippen LogP contribution in [0.1, 0.15) is 61.8 Å². The van der Waals surface area contributed by atoms with Gasteiger partial charge in [0.25, 0.3) is 0 Å². The summed E-state index contributed by atoms with van der Waals surface area (Å²) in [5.41, 5.74) is 4.81. The Morgan fingerprint density at radius 3 is 1.83 bits per heavy atom. The first-order valence-corrected chi connectivity index (χ1v) is 21.9. The molecule has 6 rings (SSSR count). The second-order valence-electron chi connectivity index (χ2n) is 13.1. The van der Waals surface area contributed by atoms with Crippen molar-refractivity contribution in [3.8, 4) is 0 Å². The van der Waals surface area contributed by atoms with Crippen LogP contribution in [-0.4, -0.2) is 58.2 Å². The molecule has 0 spiro atoms. The SMILES string of the molecule is CCc1cc(Br)ccc1S(=O)N1CCC[C@H]1C(=O)Nc1ccc(/C=C/c2ccc(NC(=O)[C@@H]3CCCN3S(=O)(=O)c3ccc(Br)cc3CC)cc2)cc1. The number of carbonyl (C=O) groups excluding carboxylic acids is 2. The summed E-state index contributed by atoms with van der Waals surface area (Å²) < 4.78 is 45.7. The summed E-state index contributed by atoms with van der Waals surface area (Å²) in [6.07, 6.45) is 7.73. The van der Waals surface area contributed by atoms with Gasteiger partial charge in [0.1, 0.15) is 23.1 Å². The van der Waals surface area contributed by atoms with Crippen LogP contribution >= 0.6 is 31.9 Å². The molecule has 53 heavy (non-hydrogen) atoms. The second kappa shape index (κ2) is 17.3. The van der Waals surface area contributed by atoms with Gasteiger partial charge >= 0.3 is 0 Å². The van der Waals surface area contributed by atoms with Gasteiger partial charge in [-0.3, -0.25) is 9.59 Å². The lowest BCUT2D eigenvalue weighted by Crippen LogP contribution is -2.43. The monoisotopic (exact) mass is 880 g/mol. The summed E-state index contributed by atoms with van der Waals surface area (Å²) in [6, 6.07) is 24.5. The number of amides is 2. The summed E-state index contributed by atoms with van der Waals surface area (Å²) in [7, 11) is -5.28. The number of hydrogen-bond donors (Lipinski definition) is 2. The fourth-order valence-electron chi connectivity index (χ4n) is 6.81. The maximum Gasteiger partial charge on any atom is 0.244 e. The molecule has 2 fully saturated rings. The van der Waals surface area contributed by atoms with Gasteiger partial charge in [0.2, 0.25) is 21.8 Å². The minimum atomic E-state index is -3.85. The molecular weight excluding hydrogens is 840 g/mol. The molecule has 13 heteroatoms. The summed E-state index contributed by atoms with van der Waals surface area (Å²) in [4.78, 5) is 27.6. The average molecular weight is 883 g/mol. The predicted molar refractivity (Wildman–Crippen MR) is 219 cm³/mol. The van der Waals surface area contributed by atoms with Crippen LogP contribution in [0, 0.1) is 0 Å². The van der Waals surface area contributed by atoms with E-state index in [0.717, 1.165) is 43.4 Å². The highest BCUT2D eigenvalue weighted by Gasteiger charge is 2.40. The largest absolute Gasteiger partial charge is 0.325 e. The maximum atomic E-state index is 13.6. The van der Waals surface area contributed by atoms with Gasteiger partial charge in [-0.25, -0.2) is 16.9 Å². The highest BCUT2D eigenvalue weighted by molar-refractivity contribution is 9.10. The van der Waals surface area contributed by atoms with E-state index in [-0.39, 0.29) is 16.7 Å². The van der Waals surface area contributed by atoms with Crippen molar-refractivity contribution < 1.29 is 22.2 Å². The van der Waals surface area contributed by atoms with Crippen molar-refractivity contribution in [1.82, 2.24) is 8.61 Å². The number of carbonyl (C=O) groups is 2. The molecular formula is C40H42Br2N4O5S2. The third kappa shape index (κ3) is 9.09. The zero-order chi connectivity index (χ0) is 37.7. The smallest absolute Gasteiger partial charge is 0.244 e. The molecule has 2 heterocycles. The van der Waals surface area contributed by atoms with Crippen molar-refractivity contribution in [3.63, 3.8) is 0 Å². The first-order valence-electron chi connectivity index (χ1n) is 17.8. The molecule has 2 amide bonds. The number of nitrogens with zero attached hydrogens (tertiary/aromatic N) is 2. The molecule has 2 N–H and O–H groups in total. The molecule has 0 bridgehead atoms. The van der Waals surface area contributed by atoms with E-state index >= 15 is 0 Å². The van der Waals surface area contributed by atoms with Crippen molar-refractivity contribution in [2.45, 2.75) is 74.2 Å². The molecule has 0 aromatic heterocycles. The van der Waals surface area contributed by atoms with Crippen LogP contribution in [0.3, 0.4) is 0 Å². The Balaban J connectivity index is 1.04. The van der Waals surface area contributed by atoms with Crippen LogP contribution in [0.4, 0.5) is 11.4 Å². The van der Waals surface area contributed by atoms with Gasteiger partial charge in [-0.05, 0) is 121 Å². The van der Waals surface area contributed by atoms with E-state index in [9.17, 15) is 22.2 Å². The normalized spacial score (nSPS) is 18.7. The molecule has 2 aliphatic heterocycles. The highest BCUT2D eigenvalue weighted by Crippen LogP contribution is 2.31. The molecule has 278 valence electrons. The quantitative estimate of drug-likeness (QED) is 0.139. The van der Waals surface area contributed by atoms with E-state index in [1.165, 1.54) is 4.31 Å². The fourth-order valence-corrected chi connectivity index (χ4v) is 11.2. The standard InChI is InChI=1S/C40H42Br2N4O5S2/c1-3-29-25-31(41)15-21-37(29)52(49)45-23-5-7-35(45)39(47)43-33-17-11-27(12-18-33)9-10-28-13-19-34(20-14-28)44-40(48)36-8-6-24-46(36)53(50,51)38-22-16-32(42)26-30(38)4-2/h9-22,25-26,35-36H,3-8,23-24H2,1-2H3,(H,43,47)(H,44,48)/b10-9+/t35-,36-,52?/m0/s1. The van der Waals surface area contributed by atoms with Crippen LogP contribution in [0.2, 0.25) is 0 Å². The van der Waals surface area contributed by atoms with Gasteiger partial charge in [-0.15, -0.1) is 0 Å². The number of benzene rings is 4. The minimum Gasteiger partial charge on any atom is -0.325 e. The van der Waals surface area contributed by atoms with Crippen molar-refractivity contribution in [2.24, 2.45) is 0 Å². The lowest BCUT2D eigenvalue weighted by atomic mass is 10.1. The highest BCUT2D eigenvalue weighted by atomic mass is 79.9. The topological polar surface area (TPSA) is 116 Å². The van der Waals surface area contributed by atoms with Crippen molar-refractivity contribution in [2.75, 3.05) is 23.7 Å². The Bertz CT molecular complexity index is 2140. The third-order valence-corrected chi connectivity index (χ3v) is 14.3. The number of aryl methyl sites for hydroxylation is 2. The van der Waals surface area contributed by atoms with E-state index in [4.69, 9.17) is 0 Å². The lowest BCUT2D eigenvalue weighted by molar-refractivity contribution is -0.119. The Hall–Kier alpha value is -3.46. The van der Waals surface area contributed by atoms with Crippen LogP contribution in [0.15, 0.2) is 104 Å². The van der Waals surface area contributed by atoms with E-state index in [1.54, 1.807) is 28.6 Å². The molecule has 3 atom stereocenters. The van der Waals surface area contributed by atoms with Gasteiger partial charge in [-0.2, -0.15) is 4.31 Å². The zero-order valence-electron chi connectivity index (χ0n) is 29.6. The summed E-state index contributed by atoms with van der Waals surface area (Å²) in [5.74, 6) is -0.514. The zero-order valence-corrected chi connectivity index (χ0v) is 34.4. The number of rotatable bonds is 12. The minimum absolute atomic E-state index is 0.168. The fraction of sp³-hybridized carbons (Fsp3) is 0.300. The Labute approximate surface area is 331 Å². The number of halogens is 2. The van der Waals surface area contributed by atoms with E-state index < -0.39 is 33.1 Å². The van der Waals surface area contributed by atoms with E-state index in [1.807, 2.05) is 86.7 Å². The second-order valence-corrected chi connectivity index (χ2v) is 18.2. The van der Waals surface area contributed by atoms with Gasteiger partial charge in [0.15, 0.2) is 0 Å². The average Bonchev–Trinajstić information content (AvgIpc) is 3.86. The molecule has 0 aliphatic carbocycles. The first kappa shape index (κ1) is 39.2. The lowest BCUT2D eigenvalue weighted by Gasteiger charge is -2.24. The molecule has 4 aromatic carbocycles. The van der Waals surface area contributed by atoms with E-state index in [2.05, 4.69) is 42.5 Å². The Kier molecular flexibility index (Phi) is 12.8. The van der Waals surface area contributed by atoms with Crippen LogP contribution in [0.5, 0.6) is 0 Å². The van der Waals surface area contributed by atoms with Crippen LogP contribution in [0.25, 0.3) is 12.2 Å². The molecule has 2 saturated heterocycles. The number of anilines is 2. The number of nitrogens with one attached hydrogen (secondary N) is 2. The van der Waals surface area contributed by atoms with E-state index in [0.29, 0.717) is 55.7 Å². The predicted octanol–water partition coefficient (Wildman–Crippen LogP) is 8.42. The number of hydrogen-bond acceptors (Lipinski definition) is 5. The molecule has 2 aliphatic rings. The molecule has 0 radical (unpaired) electrons. The van der Waals surface area contributed by atoms with Crippen molar-refractivity contribution in [1.29, 1.82) is 0 Å². The Morgan fingerprint density at radius 1 is 0.736 bits per heavy atom. The third-order valence-electron chi connectivity index (χ3n) is 9.63. The summed E-state index contributed by atoms with van der Waals surface area (Å²) >= 11 is 6.91. The van der Waals surface area contributed by atoms with Gasteiger partial charge < -0.3 is 10.6 Å². The van der Waals surface area contributed by atoms with Gasteiger partial charge in [0, 0.05) is 33.4 Å². The van der Waals surface area contributed by atoms with Crippen LogP contribution < -0.4 is 10.6 Å². The van der Waals surface area contributed by atoms with Crippen molar-refractivity contribution >= 4 is 88.2 Å². The molecule has 0 saturated carbocycles. The Morgan fingerprint density at radius 2 is 1.25 bits per heavy atom. The van der Waals surface area contributed by atoms with Crippen LogP contribution in [-0.2, 0) is 43.4 Å².